The Morgan fingerprint density at radius 3 is 2.69 bits per heavy atom. The van der Waals surface area contributed by atoms with Crippen LogP contribution in [-0.4, -0.2) is 26.3 Å². The van der Waals surface area contributed by atoms with Gasteiger partial charge in [-0.2, -0.15) is 5.26 Å². The molecule has 1 aromatic heterocycles. The van der Waals surface area contributed by atoms with Crippen LogP contribution in [0.4, 0.5) is 5.82 Å². The van der Waals surface area contributed by atoms with Crippen LogP contribution in [0.1, 0.15) is 16.8 Å². The van der Waals surface area contributed by atoms with Crippen molar-refractivity contribution in [2.45, 2.75) is 13.8 Å². The minimum Gasteiger partial charge on any atom is -0.373 e. The van der Waals surface area contributed by atoms with Gasteiger partial charge in [-0.3, -0.25) is 4.90 Å². The van der Waals surface area contributed by atoms with Gasteiger partial charge in [0.2, 0.25) is 0 Å². The van der Waals surface area contributed by atoms with Gasteiger partial charge in [0.05, 0.1) is 18.9 Å². The molecule has 4 heteroatoms. The monoisotopic (exact) mass is 218 g/mol. The van der Waals surface area contributed by atoms with Crippen molar-refractivity contribution in [3.8, 4) is 6.07 Å². The quantitative estimate of drug-likeness (QED) is 0.701. The molecule has 0 atom stereocenters. The number of hydrogen-bond donors (Lipinski definition) is 0. The summed E-state index contributed by atoms with van der Waals surface area (Å²) in [6.07, 6.45) is 0. The molecule has 84 valence electrons. The third kappa shape index (κ3) is 2.00. The Morgan fingerprint density at radius 1 is 1.38 bits per heavy atom. The van der Waals surface area contributed by atoms with Crippen LogP contribution in [0.2, 0.25) is 0 Å². The number of hydrogen-bond acceptors (Lipinski definition) is 3. The summed E-state index contributed by atoms with van der Waals surface area (Å²) in [6, 6.07) is 4.28. The van der Waals surface area contributed by atoms with E-state index in [1.807, 2.05) is 19.9 Å². The molecule has 0 aliphatic carbocycles. The molecule has 0 radical (unpaired) electrons. The van der Waals surface area contributed by atoms with Gasteiger partial charge >= 0.3 is 0 Å². The van der Waals surface area contributed by atoms with E-state index in [0.29, 0.717) is 0 Å². The van der Waals surface area contributed by atoms with E-state index in [9.17, 15) is 5.26 Å². The fourth-order valence-corrected chi connectivity index (χ4v) is 2.03. The number of pyridine rings is 1. The summed E-state index contributed by atoms with van der Waals surface area (Å²) < 4.78 is 5.32. The van der Waals surface area contributed by atoms with E-state index in [1.165, 1.54) is 0 Å². The maximum Gasteiger partial charge on any atom is 0.293 e. The number of rotatable bonds is 1. The fourth-order valence-electron chi connectivity index (χ4n) is 2.03. The van der Waals surface area contributed by atoms with Gasteiger partial charge in [0.15, 0.2) is 0 Å². The first-order valence-corrected chi connectivity index (χ1v) is 5.48. The third-order valence-electron chi connectivity index (χ3n) is 2.82. The molecule has 0 saturated carbocycles. The second kappa shape index (κ2) is 4.50. The first kappa shape index (κ1) is 10.9. The van der Waals surface area contributed by atoms with E-state index in [-0.39, 0.29) is 0 Å². The van der Waals surface area contributed by atoms with Gasteiger partial charge in [0.1, 0.15) is 24.7 Å². The predicted molar refractivity (Wildman–Crippen MR) is 60.2 cm³/mol. The van der Waals surface area contributed by atoms with Crippen molar-refractivity contribution in [3.05, 3.63) is 22.9 Å². The molecular formula is C12H16N3O+. The molecule has 1 N–H and O–H groups in total. The standard InChI is InChI=1S/C12H15N3O/c1-9-7-10(2)14-12(11(9)8-13)15-3-5-16-6-4-15/h7H,3-6H2,1-2H3/p+1. The molecule has 2 rings (SSSR count). The lowest BCUT2D eigenvalue weighted by molar-refractivity contribution is -0.374. The summed E-state index contributed by atoms with van der Waals surface area (Å²) in [5.74, 6) is 0.934. The summed E-state index contributed by atoms with van der Waals surface area (Å²) in [4.78, 5) is 5.47. The second-order valence-electron chi connectivity index (χ2n) is 4.07. The molecule has 1 aliphatic heterocycles. The van der Waals surface area contributed by atoms with Crippen LogP contribution in [0.5, 0.6) is 0 Å². The average molecular weight is 218 g/mol. The van der Waals surface area contributed by atoms with Crippen LogP contribution < -0.4 is 9.88 Å². The van der Waals surface area contributed by atoms with Crippen molar-refractivity contribution in [3.63, 3.8) is 0 Å². The average Bonchev–Trinajstić information content (AvgIpc) is 2.29. The molecule has 0 aromatic carbocycles. The number of aromatic nitrogens is 1. The molecule has 0 bridgehead atoms. The smallest absolute Gasteiger partial charge is 0.293 e. The number of anilines is 1. The second-order valence-corrected chi connectivity index (χ2v) is 4.07. The van der Waals surface area contributed by atoms with E-state index < -0.39 is 0 Å². The third-order valence-corrected chi connectivity index (χ3v) is 2.82. The Labute approximate surface area is 95.5 Å². The minimum absolute atomic E-state index is 0.728. The van der Waals surface area contributed by atoms with Crippen LogP contribution in [0.3, 0.4) is 0 Å². The number of aryl methyl sites for hydroxylation is 2. The van der Waals surface area contributed by atoms with E-state index in [4.69, 9.17) is 4.74 Å². The molecule has 4 nitrogen and oxygen atoms in total. The van der Waals surface area contributed by atoms with Crippen LogP contribution >= 0.6 is 0 Å². The van der Waals surface area contributed by atoms with Crippen molar-refractivity contribution in [1.29, 1.82) is 5.26 Å². The molecule has 2 heterocycles. The molecular weight excluding hydrogens is 202 g/mol. The maximum absolute atomic E-state index is 9.19. The fraction of sp³-hybridized carbons (Fsp3) is 0.500. The normalized spacial score (nSPS) is 15.9. The lowest BCUT2D eigenvalue weighted by Crippen LogP contribution is -2.40. The van der Waals surface area contributed by atoms with Crippen molar-refractivity contribution < 1.29 is 9.72 Å². The minimum atomic E-state index is 0.728. The predicted octanol–water partition coefficient (Wildman–Crippen LogP) is 0.826. The summed E-state index contributed by atoms with van der Waals surface area (Å²) in [5.41, 5.74) is 2.85. The zero-order chi connectivity index (χ0) is 11.5. The number of H-pyrrole nitrogens is 1. The molecule has 1 fully saturated rings. The molecule has 0 amide bonds. The van der Waals surface area contributed by atoms with E-state index in [1.54, 1.807) is 0 Å². The van der Waals surface area contributed by atoms with Crippen molar-refractivity contribution in [1.82, 2.24) is 0 Å². The summed E-state index contributed by atoms with van der Waals surface area (Å²) >= 11 is 0. The lowest BCUT2D eigenvalue weighted by atomic mass is 10.1. The zero-order valence-electron chi connectivity index (χ0n) is 9.71. The van der Waals surface area contributed by atoms with Crippen molar-refractivity contribution in [2.24, 2.45) is 0 Å². The Kier molecular flexibility index (Phi) is 3.07. The van der Waals surface area contributed by atoms with E-state index in [0.717, 1.165) is 48.9 Å². The van der Waals surface area contributed by atoms with Crippen molar-refractivity contribution in [2.75, 3.05) is 31.2 Å². The highest BCUT2D eigenvalue weighted by molar-refractivity contribution is 5.54. The van der Waals surface area contributed by atoms with Gasteiger partial charge in [-0.25, -0.2) is 4.98 Å². The first-order valence-electron chi connectivity index (χ1n) is 5.48. The van der Waals surface area contributed by atoms with Gasteiger partial charge in [-0.15, -0.1) is 0 Å². The van der Waals surface area contributed by atoms with Crippen molar-refractivity contribution >= 4 is 5.82 Å². The highest BCUT2D eigenvalue weighted by Crippen LogP contribution is 2.19. The highest BCUT2D eigenvalue weighted by Gasteiger charge is 2.24. The number of nitrogens with zero attached hydrogens (tertiary/aromatic N) is 2. The van der Waals surface area contributed by atoms with E-state index >= 15 is 0 Å². The van der Waals surface area contributed by atoms with Gasteiger partial charge < -0.3 is 4.74 Å². The number of ether oxygens (including phenoxy) is 1. The summed E-state index contributed by atoms with van der Waals surface area (Å²) in [7, 11) is 0. The van der Waals surface area contributed by atoms with Crippen LogP contribution in [-0.2, 0) is 4.74 Å². The number of morpholine rings is 1. The lowest BCUT2D eigenvalue weighted by Gasteiger charge is -2.22. The van der Waals surface area contributed by atoms with Gasteiger partial charge in [-0.05, 0) is 25.5 Å². The van der Waals surface area contributed by atoms with Crippen LogP contribution in [0, 0.1) is 25.2 Å². The van der Waals surface area contributed by atoms with Crippen LogP contribution in [0.25, 0.3) is 0 Å². The van der Waals surface area contributed by atoms with E-state index in [2.05, 4.69) is 16.0 Å². The molecule has 1 aliphatic rings. The number of nitrogens with one attached hydrogen (secondary N) is 1. The topological polar surface area (TPSA) is 50.4 Å². The summed E-state index contributed by atoms with van der Waals surface area (Å²) in [6.45, 7) is 7.13. The Hall–Kier alpha value is -1.60. The van der Waals surface area contributed by atoms with Gasteiger partial charge in [0.25, 0.3) is 5.82 Å². The SMILES string of the molecule is Cc1cc(C)c(C#N)c(N2CCOCC2)[nH+]1. The largest absolute Gasteiger partial charge is 0.373 e. The van der Waals surface area contributed by atoms with Gasteiger partial charge in [0, 0.05) is 0 Å². The molecule has 0 unspecified atom stereocenters. The molecule has 16 heavy (non-hydrogen) atoms. The highest BCUT2D eigenvalue weighted by atomic mass is 16.5. The van der Waals surface area contributed by atoms with Gasteiger partial charge in [-0.1, -0.05) is 0 Å². The zero-order valence-corrected chi connectivity index (χ0v) is 9.71. The first-order chi connectivity index (χ1) is 7.72. The number of nitriles is 1. The Balaban J connectivity index is 2.42. The molecule has 1 aromatic rings. The molecule has 0 spiro atoms. The Bertz CT molecular complexity index is 431. The summed E-state index contributed by atoms with van der Waals surface area (Å²) in [5, 5.41) is 9.19. The molecule has 1 saturated heterocycles. The maximum atomic E-state index is 9.19. The van der Waals surface area contributed by atoms with Crippen LogP contribution in [0.15, 0.2) is 6.07 Å². The number of aromatic amines is 1. The Morgan fingerprint density at radius 2 is 2.06 bits per heavy atom.